The van der Waals surface area contributed by atoms with Gasteiger partial charge in [-0.1, -0.05) is 24.3 Å². The summed E-state index contributed by atoms with van der Waals surface area (Å²) >= 11 is 0. The zero-order valence-corrected chi connectivity index (χ0v) is 16.8. The van der Waals surface area contributed by atoms with Crippen LogP contribution in [0.15, 0.2) is 48.5 Å². The summed E-state index contributed by atoms with van der Waals surface area (Å²) in [7, 11) is 1.68. The predicted octanol–water partition coefficient (Wildman–Crippen LogP) is 2.19. The van der Waals surface area contributed by atoms with Crippen LogP contribution in [-0.2, 0) is 9.59 Å². The van der Waals surface area contributed by atoms with E-state index in [1.54, 1.807) is 12.0 Å². The molecule has 1 N–H and O–H groups in total. The van der Waals surface area contributed by atoms with Gasteiger partial charge in [-0.15, -0.1) is 0 Å². The van der Waals surface area contributed by atoms with E-state index in [1.807, 2.05) is 49.4 Å². The third-order valence-electron chi connectivity index (χ3n) is 5.68. The van der Waals surface area contributed by atoms with E-state index in [4.69, 9.17) is 4.74 Å². The number of para-hydroxylation sites is 4. The van der Waals surface area contributed by atoms with Crippen molar-refractivity contribution in [2.75, 3.05) is 55.0 Å². The molecule has 2 aliphatic rings. The lowest BCUT2D eigenvalue weighted by Gasteiger charge is -2.40. The molecule has 29 heavy (non-hydrogen) atoms. The molecular formula is C22H26N4O3. The van der Waals surface area contributed by atoms with Crippen molar-refractivity contribution in [3.8, 4) is 5.75 Å². The van der Waals surface area contributed by atoms with Crippen LogP contribution in [0.2, 0.25) is 0 Å². The monoisotopic (exact) mass is 394 g/mol. The normalized spacial score (nSPS) is 18.1. The van der Waals surface area contributed by atoms with Gasteiger partial charge in [0.2, 0.25) is 11.8 Å². The molecule has 0 aromatic heterocycles. The molecule has 2 aliphatic heterocycles. The summed E-state index contributed by atoms with van der Waals surface area (Å²) in [5.41, 5.74) is 2.53. The summed E-state index contributed by atoms with van der Waals surface area (Å²) in [6, 6.07) is 15.1. The van der Waals surface area contributed by atoms with Gasteiger partial charge in [-0.2, -0.15) is 0 Å². The van der Waals surface area contributed by atoms with Crippen molar-refractivity contribution in [3.05, 3.63) is 48.5 Å². The molecular weight excluding hydrogens is 368 g/mol. The molecule has 4 rings (SSSR count). The first-order valence-electron chi connectivity index (χ1n) is 9.91. The Morgan fingerprint density at radius 1 is 1.00 bits per heavy atom. The maximum absolute atomic E-state index is 13.2. The number of nitrogens with zero attached hydrogens (tertiary/aromatic N) is 3. The molecule has 0 spiro atoms. The number of amides is 2. The number of carbonyl (C=O) groups is 2. The topological polar surface area (TPSA) is 65.1 Å². The number of anilines is 3. The molecule has 2 aromatic rings. The van der Waals surface area contributed by atoms with E-state index in [-0.39, 0.29) is 24.4 Å². The van der Waals surface area contributed by atoms with Crippen molar-refractivity contribution in [2.24, 2.45) is 0 Å². The fraction of sp³-hybridized carbons (Fsp3) is 0.364. The van der Waals surface area contributed by atoms with Crippen LogP contribution in [0.3, 0.4) is 0 Å². The molecule has 1 saturated heterocycles. The van der Waals surface area contributed by atoms with Crippen LogP contribution in [-0.4, -0.2) is 62.6 Å². The fourth-order valence-electron chi connectivity index (χ4n) is 4.05. The molecule has 2 aromatic carbocycles. The zero-order valence-electron chi connectivity index (χ0n) is 16.8. The molecule has 1 fully saturated rings. The Balaban J connectivity index is 1.44. The van der Waals surface area contributed by atoms with Crippen molar-refractivity contribution in [2.45, 2.75) is 13.0 Å². The van der Waals surface area contributed by atoms with Crippen molar-refractivity contribution < 1.29 is 14.3 Å². The number of methoxy groups -OCH3 is 1. The van der Waals surface area contributed by atoms with Crippen molar-refractivity contribution in [3.63, 3.8) is 0 Å². The molecule has 2 amide bonds. The number of benzene rings is 2. The van der Waals surface area contributed by atoms with Crippen molar-refractivity contribution in [1.29, 1.82) is 0 Å². The maximum atomic E-state index is 13.2. The minimum Gasteiger partial charge on any atom is -0.495 e. The van der Waals surface area contributed by atoms with E-state index in [0.29, 0.717) is 5.69 Å². The van der Waals surface area contributed by atoms with Crippen molar-refractivity contribution >= 4 is 28.9 Å². The third-order valence-corrected chi connectivity index (χ3v) is 5.68. The van der Waals surface area contributed by atoms with E-state index < -0.39 is 0 Å². The number of fused-ring (bicyclic) bond motifs is 1. The van der Waals surface area contributed by atoms with Gasteiger partial charge < -0.3 is 15.0 Å². The molecule has 0 unspecified atom stereocenters. The van der Waals surface area contributed by atoms with Crippen LogP contribution in [0, 0.1) is 0 Å². The SMILES string of the molecule is COc1ccccc1N1CCN([C@H](C)C(=O)N2CC(=O)Nc3ccccc32)CC1. The Morgan fingerprint density at radius 3 is 2.38 bits per heavy atom. The lowest BCUT2D eigenvalue weighted by atomic mass is 10.1. The quantitative estimate of drug-likeness (QED) is 0.861. The molecule has 0 radical (unpaired) electrons. The summed E-state index contributed by atoms with van der Waals surface area (Å²) in [4.78, 5) is 31.4. The van der Waals surface area contributed by atoms with Crippen LogP contribution >= 0.6 is 0 Å². The van der Waals surface area contributed by atoms with E-state index >= 15 is 0 Å². The number of carbonyl (C=O) groups excluding carboxylic acids is 2. The second-order valence-electron chi connectivity index (χ2n) is 7.36. The third kappa shape index (κ3) is 3.78. The molecule has 0 saturated carbocycles. The first kappa shape index (κ1) is 19.3. The molecule has 7 nitrogen and oxygen atoms in total. The van der Waals surface area contributed by atoms with Gasteiger partial charge in [0.05, 0.1) is 30.2 Å². The minimum atomic E-state index is -0.297. The van der Waals surface area contributed by atoms with Gasteiger partial charge in [-0.3, -0.25) is 19.4 Å². The number of hydrogen-bond donors (Lipinski definition) is 1. The Hall–Kier alpha value is -3.06. The van der Waals surface area contributed by atoms with Gasteiger partial charge in [0.15, 0.2) is 0 Å². The van der Waals surface area contributed by atoms with E-state index in [0.717, 1.165) is 43.3 Å². The van der Waals surface area contributed by atoms with Crippen molar-refractivity contribution in [1.82, 2.24) is 4.90 Å². The van der Waals surface area contributed by atoms with Gasteiger partial charge >= 0.3 is 0 Å². The van der Waals surface area contributed by atoms with Gasteiger partial charge in [0.1, 0.15) is 12.3 Å². The highest BCUT2D eigenvalue weighted by Gasteiger charge is 2.33. The Kier molecular flexibility index (Phi) is 5.40. The lowest BCUT2D eigenvalue weighted by molar-refractivity contribution is -0.125. The highest BCUT2D eigenvalue weighted by molar-refractivity contribution is 6.11. The van der Waals surface area contributed by atoms with Gasteiger partial charge in [0.25, 0.3) is 0 Å². The van der Waals surface area contributed by atoms with Crippen LogP contribution < -0.4 is 19.9 Å². The van der Waals surface area contributed by atoms with Crippen LogP contribution in [0.5, 0.6) is 5.75 Å². The molecule has 1 atom stereocenters. The number of piperazine rings is 1. The summed E-state index contributed by atoms with van der Waals surface area (Å²) in [6.07, 6.45) is 0. The van der Waals surface area contributed by atoms with Gasteiger partial charge in [-0.25, -0.2) is 0 Å². The molecule has 2 heterocycles. The average Bonchev–Trinajstić information content (AvgIpc) is 2.77. The largest absolute Gasteiger partial charge is 0.495 e. The number of hydrogen-bond acceptors (Lipinski definition) is 5. The highest BCUT2D eigenvalue weighted by atomic mass is 16.5. The molecule has 7 heteroatoms. The molecule has 0 bridgehead atoms. The predicted molar refractivity (Wildman–Crippen MR) is 114 cm³/mol. The van der Waals surface area contributed by atoms with Gasteiger partial charge in [-0.05, 0) is 31.2 Å². The summed E-state index contributed by atoms with van der Waals surface area (Å²) in [6.45, 7) is 5.15. The van der Waals surface area contributed by atoms with Crippen LogP contribution in [0.4, 0.5) is 17.1 Å². The lowest BCUT2D eigenvalue weighted by Crippen LogP contribution is -2.56. The smallest absolute Gasteiger partial charge is 0.244 e. The fourth-order valence-corrected chi connectivity index (χ4v) is 4.05. The van der Waals surface area contributed by atoms with E-state index in [1.165, 1.54) is 0 Å². The minimum absolute atomic E-state index is 0.0435. The first-order valence-corrected chi connectivity index (χ1v) is 9.91. The van der Waals surface area contributed by atoms with Crippen LogP contribution in [0.1, 0.15) is 6.92 Å². The Bertz CT molecular complexity index is 908. The summed E-state index contributed by atoms with van der Waals surface area (Å²) in [5.74, 6) is 0.657. The molecule has 152 valence electrons. The Morgan fingerprint density at radius 2 is 1.66 bits per heavy atom. The zero-order chi connectivity index (χ0) is 20.4. The van der Waals surface area contributed by atoms with E-state index in [2.05, 4.69) is 21.2 Å². The van der Waals surface area contributed by atoms with E-state index in [9.17, 15) is 9.59 Å². The Labute approximate surface area is 170 Å². The molecule has 0 aliphatic carbocycles. The van der Waals surface area contributed by atoms with Crippen LogP contribution in [0.25, 0.3) is 0 Å². The average molecular weight is 394 g/mol. The second kappa shape index (κ2) is 8.13. The first-order chi connectivity index (χ1) is 14.1. The van der Waals surface area contributed by atoms with Gasteiger partial charge in [0, 0.05) is 26.2 Å². The highest BCUT2D eigenvalue weighted by Crippen LogP contribution is 2.31. The number of rotatable bonds is 4. The summed E-state index contributed by atoms with van der Waals surface area (Å²) < 4.78 is 5.48. The number of nitrogens with one attached hydrogen (secondary N) is 1. The number of ether oxygens (including phenoxy) is 1. The maximum Gasteiger partial charge on any atom is 0.244 e. The summed E-state index contributed by atoms with van der Waals surface area (Å²) in [5, 5.41) is 2.83. The second-order valence-corrected chi connectivity index (χ2v) is 7.36. The standard InChI is InChI=1S/C22H26N4O3/c1-16(22(28)26-15-21(27)23-17-7-3-4-8-18(17)26)24-11-13-25(14-12-24)19-9-5-6-10-20(19)29-2/h3-10,16H,11-15H2,1-2H3,(H,23,27)/t16-/m1/s1.